The average molecular weight is 289 g/mol. The first-order valence-electron chi connectivity index (χ1n) is 7.76. The molecule has 0 unspecified atom stereocenters. The van der Waals surface area contributed by atoms with Crippen LogP contribution in [0.4, 0.5) is 0 Å². The van der Waals surface area contributed by atoms with E-state index in [9.17, 15) is 14.7 Å². The highest BCUT2D eigenvalue weighted by Gasteiger charge is 2.32. The van der Waals surface area contributed by atoms with Gasteiger partial charge in [-0.2, -0.15) is 0 Å². The summed E-state index contributed by atoms with van der Waals surface area (Å²) in [5.74, 6) is -1.06. The largest absolute Gasteiger partial charge is 0.480 e. The normalized spacial score (nSPS) is 18.5. The topological polar surface area (TPSA) is 57.6 Å². The molecule has 21 heavy (non-hydrogen) atoms. The van der Waals surface area contributed by atoms with Crippen molar-refractivity contribution in [3.63, 3.8) is 0 Å². The monoisotopic (exact) mass is 289 g/mol. The Morgan fingerprint density at radius 2 is 1.95 bits per heavy atom. The van der Waals surface area contributed by atoms with Gasteiger partial charge in [0.15, 0.2) is 0 Å². The van der Waals surface area contributed by atoms with Gasteiger partial charge >= 0.3 is 5.97 Å². The van der Waals surface area contributed by atoms with E-state index in [-0.39, 0.29) is 5.91 Å². The van der Waals surface area contributed by atoms with E-state index in [1.165, 1.54) is 10.5 Å². The number of hydrogen-bond acceptors (Lipinski definition) is 2. The van der Waals surface area contributed by atoms with E-state index < -0.39 is 12.0 Å². The molecule has 0 saturated carbocycles. The Hall–Kier alpha value is -1.84. The van der Waals surface area contributed by atoms with Gasteiger partial charge in [-0.1, -0.05) is 25.5 Å². The second kappa shape index (κ2) is 7.25. The SMILES string of the molecule is CCCCc1ccc(C(=O)N2CCCC[C@H]2C(=O)O)cc1. The Labute approximate surface area is 125 Å². The summed E-state index contributed by atoms with van der Waals surface area (Å²) in [6, 6.07) is 6.92. The number of carbonyl (C=O) groups is 2. The molecule has 1 atom stereocenters. The molecule has 0 radical (unpaired) electrons. The summed E-state index contributed by atoms with van der Waals surface area (Å²) in [7, 11) is 0. The third-order valence-electron chi connectivity index (χ3n) is 4.07. The quantitative estimate of drug-likeness (QED) is 0.906. The molecule has 1 aliphatic heterocycles. The average Bonchev–Trinajstić information content (AvgIpc) is 2.52. The van der Waals surface area contributed by atoms with Crippen molar-refractivity contribution in [1.29, 1.82) is 0 Å². The molecule has 0 spiro atoms. The number of benzene rings is 1. The molecule has 1 saturated heterocycles. The third-order valence-corrected chi connectivity index (χ3v) is 4.07. The predicted molar refractivity (Wildman–Crippen MR) is 81.4 cm³/mol. The van der Waals surface area contributed by atoms with Crippen LogP contribution in [-0.4, -0.2) is 34.5 Å². The number of unbranched alkanes of at least 4 members (excludes halogenated alkanes) is 1. The van der Waals surface area contributed by atoms with E-state index >= 15 is 0 Å². The lowest BCUT2D eigenvalue weighted by atomic mass is 10.00. The van der Waals surface area contributed by atoms with Gasteiger partial charge in [0.25, 0.3) is 5.91 Å². The van der Waals surface area contributed by atoms with Crippen LogP contribution < -0.4 is 0 Å². The van der Waals surface area contributed by atoms with E-state index in [0.29, 0.717) is 18.5 Å². The summed E-state index contributed by atoms with van der Waals surface area (Å²) in [5, 5.41) is 9.25. The standard InChI is InChI=1S/C17H23NO3/c1-2-3-6-13-8-10-14(11-9-13)16(19)18-12-5-4-7-15(18)17(20)21/h8-11,15H,2-7,12H2,1H3,(H,20,21)/t15-/m0/s1. The molecule has 1 aliphatic rings. The van der Waals surface area contributed by atoms with Crippen LogP contribution >= 0.6 is 0 Å². The Bertz CT molecular complexity index is 495. The number of aryl methyl sites for hydroxylation is 1. The van der Waals surface area contributed by atoms with Crippen LogP contribution in [0.2, 0.25) is 0 Å². The number of nitrogens with zero attached hydrogens (tertiary/aromatic N) is 1. The fraction of sp³-hybridized carbons (Fsp3) is 0.529. The number of amides is 1. The van der Waals surface area contributed by atoms with Gasteiger partial charge in [0.05, 0.1) is 0 Å². The maximum absolute atomic E-state index is 12.5. The number of piperidine rings is 1. The van der Waals surface area contributed by atoms with Crippen LogP contribution in [0, 0.1) is 0 Å². The zero-order valence-corrected chi connectivity index (χ0v) is 12.5. The second-order valence-electron chi connectivity index (χ2n) is 5.65. The van der Waals surface area contributed by atoms with Crippen LogP contribution in [0.5, 0.6) is 0 Å². The van der Waals surface area contributed by atoms with Gasteiger partial charge in [-0.3, -0.25) is 4.79 Å². The number of likely N-dealkylation sites (tertiary alicyclic amines) is 1. The van der Waals surface area contributed by atoms with Crippen molar-refractivity contribution in [2.45, 2.75) is 51.5 Å². The van der Waals surface area contributed by atoms with E-state index in [4.69, 9.17) is 0 Å². The first-order valence-corrected chi connectivity index (χ1v) is 7.76. The third kappa shape index (κ3) is 3.84. The molecule has 0 aromatic heterocycles. The minimum Gasteiger partial charge on any atom is -0.480 e. The highest BCUT2D eigenvalue weighted by atomic mass is 16.4. The van der Waals surface area contributed by atoms with Gasteiger partial charge in [0, 0.05) is 12.1 Å². The fourth-order valence-corrected chi connectivity index (χ4v) is 2.79. The maximum atomic E-state index is 12.5. The Balaban J connectivity index is 2.09. The minimum atomic E-state index is -0.900. The lowest BCUT2D eigenvalue weighted by Gasteiger charge is -2.33. The molecule has 1 heterocycles. The summed E-state index contributed by atoms with van der Waals surface area (Å²) < 4.78 is 0. The van der Waals surface area contributed by atoms with Crippen LogP contribution in [-0.2, 0) is 11.2 Å². The lowest BCUT2D eigenvalue weighted by Crippen LogP contribution is -2.47. The predicted octanol–water partition coefficient (Wildman–Crippen LogP) is 3.11. The Kier molecular flexibility index (Phi) is 5.37. The molecule has 0 bridgehead atoms. The fourth-order valence-electron chi connectivity index (χ4n) is 2.79. The summed E-state index contributed by atoms with van der Waals surface area (Å²) in [6.45, 7) is 2.69. The molecule has 1 N–H and O–H groups in total. The molecule has 4 nitrogen and oxygen atoms in total. The van der Waals surface area contributed by atoms with Crippen LogP contribution in [0.15, 0.2) is 24.3 Å². The van der Waals surface area contributed by atoms with Crippen molar-refractivity contribution in [3.05, 3.63) is 35.4 Å². The van der Waals surface area contributed by atoms with Crippen LogP contribution in [0.3, 0.4) is 0 Å². The molecule has 1 aromatic rings. The summed E-state index contributed by atoms with van der Waals surface area (Å²) >= 11 is 0. The molecular formula is C17H23NO3. The van der Waals surface area contributed by atoms with Gasteiger partial charge in [-0.15, -0.1) is 0 Å². The van der Waals surface area contributed by atoms with Gasteiger partial charge in [-0.25, -0.2) is 4.79 Å². The minimum absolute atomic E-state index is 0.163. The molecule has 1 aromatic carbocycles. The van der Waals surface area contributed by atoms with Gasteiger partial charge in [-0.05, 0) is 49.8 Å². The summed E-state index contributed by atoms with van der Waals surface area (Å²) in [5.41, 5.74) is 1.81. The molecule has 4 heteroatoms. The number of hydrogen-bond donors (Lipinski definition) is 1. The van der Waals surface area contributed by atoms with Crippen molar-refractivity contribution < 1.29 is 14.7 Å². The van der Waals surface area contributed by atoms with Crippen molar-refractivity contribution in [2.24, 2.45) is 0 Å². The number of carboxylic acid groups (broad SMARTS) is 1. The van der Waals surface area contributed by atoms with E-state index in [1.54, 1.807) is 0 Å². The lowest BCUT2D eigenvalue weighted by molar-refractivity contribution is -0.143. The van der Waals surface area contributed by atoms with Gasteiger partial charge in [0.2, 0.25) is 0 Å². The molecular weight excluding hydrogens is 266 g/mol. The highest BCUT2D eigenvalue weighted by Crippen LogP contribution is 2.20. The van der Waals surface area contributed by atoms with E-state index in [0.717, 1.165) is 32.1 Å². The summed E-state index contributed by atoms with van der Waals surface area (Å²) in [4.78, 5) is 25.3. The first kappa shape index (κ1) is 15.5. The number of rotatable bonds is 5. The van der Waals surface area contributed by atoms with Gasteiger partial charge in [0.1, 0.15) is 6.04 Å². The molecule has 1 amide bonds. The number of aliphatic carboxylic acids is 1. The molecule has 2 rings (SSSR count). The van der Waals surface area contributed by atoms with Crippen LogP contribution in [0.1, 0.15) is 54.9 Å². The molecule has 114 valence electrons. The van der Waals surface area contributed by atoms with E-state index in [2.05, 4.69) is 6.92 Å². The maximum Gasteiger partial charge on any atom is 0.326 e. The van der Waals surface area contributed by atoms with E-state index in [1.807, 2.05) is 24.3 Å². The first-order chi connectivity index (χ1) is 10.1. The van der Waals surface area contributed by atoms with Crippen molar-refractivity contribution >= 4 is 11.9 Å². The number of carbonyl (C=O) groups excluding carboxylic acids is 1. The van der Waals surface area contributed by atoms with Crippen molar-refractivity contribution in [2.75, 3.05) is 6.54 Å². The van der Waals surface area contributed by atoms with Crippen LogP contribution in [0.25, 0.3) is 0 Å². The van der Waals surface area contributed by atoms with Crippen molar-refractivity contribution in [1.82, 2.24) is 4.90 Å². The zero-order chi connectivity index (χ0) is 15.2. The number of carboxylic acids is 1. The van der Waals surface area contributed by atoms with Crippen molar-refractivity contribution in [3.8, 4) is 0 Å². The smallest absolute Gasteiger partial charge is 0.326 e. The molecule has 1 fully saturated rings. The second-order valence-corrected chi connectivity index (χ2v) is 5.65. The summed E-state index contributed by atoms with van der Waals surface area (Å²) in [6.07, 6.45) is 5.61. The molecule has 0 aliphatic carbocycles. The Morgan fingerprint density at radius 3 is 2.57 bits per heavy atom. The Morgan fingerprint density at radius 1 is 1.24 bits per heavy atom. The zero-order valence-electron chi connectivity index (χ0n) is 12.5. The highest BCUT2D eigenvalue weighted by molar-refractivity contribution is 5.96. The van der Waals surface area contributed by atoms with Gasteiger partial charge < -0.3 is 10.0 Å².